The van der Waals surface area contributed by atoms with E-state index in [0.29, 0.717) is 19.7 Å². The lowest BCUT2D eigenvalue weighted by atomic mass is 10.1. The van der Waals surface area contributed by atoms with Gasteiger partial charge in [-0.15, -0.1) is 0 Å². The molecule has 0 aliphatic carbocycles. The Hall–Kier alpha value is -1.69. The van der Waals surface area contributed by atoms with Gasteiger partial charge < -0.3 is 19.8 Å². The smallest absolute Gasteiger partial charge is 0.136 e. The van der Waals surface area contributed by atoms with Gasteiger partial charge in [0.15, 0.2) is 0 Å². The first-order valence-corrected chi connectivity index (χ1v) is 6.64. The molecule has 1 aromatic carbocycles. The number of anilines is 1. The van der Waals surface area contributed by atoms with E-state index in [1.54, 1.807) is 13.3 Å². The van der Waals surface area contributed by atoms with Crippen LogP contribution in [0.15, 0.2) is 30.5 Å². The lowest BCUT2D eigenvalue weighted by Crippen LogP contribution is -2.31. The van der Waals surface area contributed by atoms with E-state index in [2.05, 4.69) is 4.98 Å². The summed E-state index contributed by atoms with van der Waals surface area (Å²) in [5.74, 6) is 0.809. The van der Waals surface area contributed by atoms with Gasteiger partial charge in [-0.3, -0.25) is 0 Å². The Bertz CT molecular complexity index is 560. The fraction of sp³-hybridized carbons (Fsp3) is 0.400. The molecule has 0 fully saturated rings. The van der Waals surface area contributed by atoms with Gasteiger partial charge in [0.25, 0.3) is 0 Å². The molecule has 2 N–H and O–H groups in total. The van der Waals surface area contributed by atoms with Crippen molar-refractivity contribution in [2.24, 2.45) is 0 Å². The predicted octanol–water partition coefficient (Wildman–Crippen LogP) is 1.17. The van der Waals surface area contributed by atoms with E-state index in [9.17, 15) is 10.2 Å². The second kappa shape index (κ2) is 7.19. The Morgan fingerprint density at radius 2 is 1.90 bits per heavy atom. The van der Waals surface area contributed by atoms with Crippen molar-refractivity contribution in [1.82, 2.24) is 4.98 Å². The molecule has 0 aliphatic rings. The number of rotatable bonds is 7. The van der Waals surface area contributed by atoms with E-state index in [1.165, 1.54) is 0 Å². The minimum atomic E-state index is -0.0358. The zero-order chi connectivity index (χ0) is 14.4. The van der Waals surface area contributed by atoms with E-state index in [1.807, 2.05) is 29.2 Å². The number of ether oxygens (including phenoxy) is 1. The molecular formula is C15H20N2O3. The highest BCUT2D eigenvalue weighted by Crippen LogP contribution is 2.27. The molecule has 0 amide bonds. The summed E-state index contributed by atoms with van der Waals surface area (Å²) < 4.78 is 5.11. The minimum Gasteiger partial charge on any atom is -0.395 e. The molecule has 2 aromatic rings. The van der Waals surface area contributed by atoms with Gasteiger partial charge in [-0.2, -0.15) is 0 Å². The van der Waals surface area contributed by atoms with Gasteiger partial charge in [-0.1, -0.05) is 24.3 Å². The molecule has 1 aromatic heterocycles. The third kappa shape index (κ3) is 3.07. The molecule has 1 heterocycles. The monoisotopic (exact) mass is 276 g/mol. The second-order valence-electron chi connectivity index (χ2n) is 4.51. The van der Waals surface area contributed by atoms with E-state index < -0.39 is 0 Å². The van der Waals surface area contributed by atoms with Crippen LogP contribution in [-0.4, -0.2) is 48.6 Å². The summed E-state index contributed by atoms with van der Waals surface area (Å²) >= 11 is 0. The summed E-state index contributed by atoms with van der Waals surface area (Å²) in [7, 11) is 1.65. The summed E-state index contributed by atoms with van der Waals surface area (Å²) in [6, 6.07) is 7.84. The highest BCUT2D eigenvalue weighted by atomic mass is 16.5. The van der Waals surface area contributed by atoms with Crippen molar-refractivity contribution >= 4 is 16.6 Å². The van der Waals surface area contributed by atoms with Gasteiger partial charge in [0.1, 0.15) is 5.82 Å². The lowest BCUT2D eigenvalue weighted by molar-refractivity contribution is 0.202. The van der Waals surface area contributed by atoms with Gasteiger partial charge in [0.05, 0.1) is 19.8 Å². The molecule has 0 atom stereocenters. The maximum atomic E-state index is 9.40. The van der Waals surface area contributed by atoms with Crippen molar-refractivity contribution in [3.63, 3.8) is 0 Å². The molecule has 20 heavy (non-hydrogen) atoms. The standard InChI is InChI=1S/C15H20N2O3/c1-20-9-7-17(6-8-18)15-14-5-3-2-4-13(14)12(11-19)10-16-15/h2-5,10,18-19H,6-9,11H2,1H3. The minimum absolute atomic E-state index is 0.0358. The SMILES string of the molecule is COCCN(CCO)c1ncc(CO)c2ccccc12. The molecule has 0 aliphatic heterocycles. The number of methoxy groups -OCH3 is 1. The van der Waals surface area contributed by atoms with Crippen LogP contribution in [0.1, 0.15) is 5.56 Å². The molecule has 5 heteroatoms. The van der Waals surface area contributed by atoms with Crippen LogP contribution in [0.4, 0.5) is 5.82 Å². The van der Waals surface area contributed by atoms with Crippen molar-refractivity contribution in [1.29, 1.82) is 0 Å². The first-order valence-electron chi connectivity index (χ1n) is 6.64. The third-order valence-corrected chi connectivity index (χ3v) is 3.26. The van der Waals surface area contributed by atoms with Gasteiger partial charge >= 0.3 is 0 Å². The van der Waals surface area contributed by atoms with Crippen molar-refractivity contribution in [3.05, 3.63) is 36.0 Å². The van der Waals surface area contributed by atoms with E-state index in [4.69, 9.17) is 4.74 Å². The number of aliphatic hydroxyl groups is 2. The van der Waals surface area contributed by atoms with E-state index >= 15 is 0 Å². The molecular weight excluding hydrogens is 256 g/mol. The maximum absolute atomic E-state index is 9.40. The van der Waals surface area contributed by atoms with Gasteiger partial charge in [-0.25, -0.2) is 4.98 Å². The average molecular weight is 276 g/mol. The topological polar surface area (TPSA) is 65.8 Å². The maximum Gasteiger partial charge on any atom is 0.136 e. The fourth-order valence-electron chi connectivity index (χ4n) is 2.26. The van der Waals surface area contributed by atoms with Crippen LogP contribution in [0.5, 0.6) is 0 Å². The summed E-state index contributed by atoms with van der Waals surface area (Å²) in [5, 5.41) is 20.6. The largest absolute Gasteiger partial charge is 0.395 e. The zero-order valence-corrected chi connectivity index (χ0v) is 11.6. The number of pyridine rings is 1. The predicted molar refractivity (Wildman–Crippen MR) is 78.8 cm³/mol. The molecule has 0 unspecified atom stereocenters. The third-order valence-electron chi connectivity index (χ3n) is 3.26. The number of fused-ring (bicyclic) bond motifs is 1. The van der Waals surface area contributed by atoms with Crippen molar-refractivity contribution in [2.75, 3.05) is 38.3 Å². The van der Waals surface area contributed by atoms with Crippen LogP contribution in [0.3, 0.4) is 0 Å². The highest BCUT2D eigenvalue weighted by molar-refractivity contribution is 5.94. The summed E-state index contributed by atoms with van der Waals surface area (Å²) in [6.45, 7) is 1.75. The number of benzene rings is 1. The van der Waals surface area contributed by atoms with Crippen molar-refractivity contribution in [2.45, 2.75) is 6.61 Å². The van der Waals surface area contributed by atoms with Crippen molar-refractivity contribution < 1.29 is 14.9 Å². The molecule has 108 valence electrons. The number of hydrogen-bond acceptors (Lipinski definition) is 5. The second-order valence-corrected chi connectivity index (χ2v) is 4.51. The van der Waals surface area contributed by atoms with E-state index in [-0.39, 0.29) is 13.2 Å². The molecule has 0 saturated heterocycles. The quantitative estimate of drug-likeness (QED) is 0.795. The Morgan fingerprint density at radius 3 is 2.55 bits per heavy atom. The fourth-order valence-corrected chi connectivity index (χ4v) is 2.26. The normalized spacial score (nSPS) is 10.9. The van der Waals surface area contributed by atoms with Crippen LogP contribution >= 0.6 is 0 Å². The van der Waals surface area contributed by atoms with Crippen LogP contribution in [0, 0.1) is 0 Å². The first kappa shape index (κ1) is 14.7. The van der Waals surface area contributed by atoms with Gasteiger partial charge in [-0.05, 0) is 5.39 Å². The molecule has 0 radical (unpaired) electrons. The highest BCUT2D eigenvalue weighted by Gasteiger charge is 2.13. The Kier molecular flexibility index (Phi) is 5.29. The number of aromatic nitrogens is 1. The van der Waals surface area contributed by atoms with Crippen LogP contribution in [0.2, 0.25) is 0 Å². The Morgan fingerprint density at radius 1 is 1.15 bits per heavy atom. The van der Waals surface area contributed by atoms with E-state index in [0.717, 1.165) is 22.2 Å². The summed E-state index contributed by atoms with van der Waals surface area (Å²) in [6.07, 6.45) is 1.69. The molecule has 5 nitrogen and oxygen atoms in total. The van der Waals surface area contributed by atoms with Crippen LogP contribution in [0.25, 0.3) is 10.8 Å². The summed E-state index contributed by atoms with van der Waals surface area (Å²) in [5.41, 5.74) is 0.806. The van der Waals surface area contributed by atoms with Crippen LogP contribution < -0.4 is 4.90 Å². The molecule has 0 bridgehead atoms. The van der Waals surface area contributed by atoms with Gasteiger partial charge in [0, 0.05) is 37.3 Å². The zero-order valence-electron chi connectivity index (χ0n) is 11.6. The Balaban J connectivity index is 2.46. The number of nitrogens with zero attached hydrogens (tertiary/aromatic N) is 2. The molecule has 0 saturated carbocycles. The van der Waals surface area contributed by atoms with Gasteiger partial charge in [0.2, 0.25) is 0 Å². The Labute approximate surface area is 118 Å². The number of aliphatic hydroxyl groups excluding tert-OH is 2. The average Bonchev–Trinajstić information content (AvgIpc) is 2.50. The van der Waals surface area contributed by atoms with Crippen molar-refractivity contribution in [3.8, 4) is 0 Å². The number of hydrogen-bond donors (Lipinski definition) is 2. The summed E-state index contributed by atoms with van der Waals surface area (Å²) in [4.78, 5) is 6.44. The lowest BCUT2D eigenvalue weighted by Gasteiger charge is -2.24. The first-order chi connectivity index (χ1) is 9.81. The molecule has 0 spiro atoms. The molecule has 2 rings (SSSR count). The van der Waals surface area contributed by atoms with Crippen LogP contribution in [-0.2, 0) is 11.3 Å².